The van der Waals surface area contributed by atoms with E-state index in [0.717, 1.165) is 22.3 Å². The highest BCUT2D eigenvalue weighted by Gasteiger charge is 2.03. The van der Waals surface area contributed by atoms with Gasteiger partial charge in [-0.1, -0.05) is 18.2 Å². The highest BCUT2D eigenvalue weighted by atomic mass is 16.5. The minimum atomic E-state index is 0.0714. The molecule has 0 fully saturated rings. The van der Waals surface area contributed by atoms with Crippen LogP contribution in [0.3, 0.4) is 0 Å². The molecule has 88 valence electrons. The van der Waals surface area contributed by atoms with Crippen molar-refractivity contribution >= 4 is 0 Å². The number of nitrogens with zero attached hydrogens (tertiary/aromatic N) is 1. The summed E-state index contributed by atoms with van der Waals surface area (Å²) in [5.74, 6) is 0.610. The van der Waals surface area contributed by atoms with Gasteiger partial charge in [0.2, 0.25) is 5.88 Å². The Bertz CT molecular complexity index is 506. The molecule has 0 saturated heterocycles. The summed E-state index contributed by atoms with van der Waals surface area (Å²) in [7, 11) is 1.60. The van der Waals surface area contributed by atoms with Gasteiger partial charge in [0.05, 0.1) is 13.7 Å². The first-order valence-corrected chi connectivity index (χ1v) is 5.45. The molecule has 1 aromatic carbocycles. The van der Waals surface area contributed by atoms with Crippen LogP contribution in [0.25, 0.3) is 11.1 Å². The van der Waals surface area contributed by atoms with E-state index >= 15 is 0 Å². The monoisotopic (exact) mass is 229 g/mol. The predicted octanol–water partition coefficient (Wildman–Crippen LogP) is 2.56. The lowest BCUT2D eigenvalue weighted by atomic mass is 10.00. The van der Waals surface area contributed by atoms with E-state index in [1.807, 2.05) is 37.3 Å². The summed E-state index contributed by atoms with van der Waals surface area (Å²) in [6.07, 6.45) is 1.79. The maximum Gasteiger partial charge on any atom is 0.212 e. The number of methoxy groups -OCH3 is 1. The van der Waals surface area contributed by atoms with E-state index in [0.29, 0.717) is 5.88 Å². The number of ether oxygens (including phenoxy) is 1. The molecule has 0 radical (unpaired) electrons. The summed E-state index contributed by atoms with van der Waals surface area (Å²) in [6, 6.07) is 9.73. The lowest BCUT2D eigenvalue weighted by Gasteiger charge is -2.08. The van der Waals surface area contributed by atoms with E-state index in [9.17, 15) is 0 Å². The van der Waals surface area contributed by atoms with Crippen LogP contribution >= 0.6 is 0 Å². The van der Waals surface area contributed by atoms with E-state index in [-0.39, 0.29) is 6.61 Å². The van der Waals surface area contributed by atoms with Crippen molar-refractivity contribution in [3.8, 4) is 17.0 Å². The van der Waals surface area contributed by atoms with Gasteiger partial charge in [-0.2, -0.15) is 0 Å². The molecule has 0 spiro atoms. The molecule has 0 amide bonds. The summed E-state index contributed by atoms with van der Waals surface area (Å²) >= 11 is 0. The molecule has 3 nitrogen and oxygen atoms in total. The third-order valence-corrected chi connectivity index (χ3v) is 2.73. The number of aryl methyl sites for hydroxylation is 1. The molecule has 0 aliphatic carbocycles. The fourth-order valence-corrected chi connectivity index (χ4v) is 1.81. The maximum atomic E-state index is 9.06. The maximum absolute atomic E-state index is 9.06. The Morgan fingerprint density at radius 1 is 1.24 bits per heavy atom. The quantitative estimate of drug-likeness (QED) is 0.879. The zero-order chi connectivity index (χ0) is 12.3. The molecule has 3 heteroatoms. The van der Waals surface area contributed by atoms with Gasteiger partial charge in [0, 0.05) is 17.8 Å². The second kappa shape index (κ2) is 4.97. The second-order valence-electron chi connectivity index (χ2n) is 3.90. The molecule has 0 saturated carbocycles. The van der Waals surface area contributed by atoms with Crippen LogP contribution in [0.15, 0.2) is 36.5 Å². The van der Waals surface area contributed by atoms with E-state index in [4.69, 9.17) is 9.84 Å². The molecule has 17 heavy (non-hydrogen) atoms. The fourth-order valence-electron chi connectivity index (χ4n) is 1.81. The molecule has 0 bridgehead atoms. The van der Waals surface area contributed by atoms with Crippen LogP contribution in [0.4, 0.5) is 0 Å². The molecule has 1 heterocycles. The Kier molecular flexibility index (Phi) is 3.40. The first-order chi connectivity index (χ1) is 8.24. The standard InChI is InChI=1S/C14H15NO2/c1-10-7-11(9-16)3-5-13(10)12-4-6-14(17-2)15-8-12/h3-8,16H,9H2,1-2H3. The van der Waals surface area contributed by atoms with Crippen LogP contribution in [-0.2, 0) is 6.61 Å². The summed E-state index contributed by atoms with van der Waals surface area (Å²) in [6.45, 7) is 2.10. The molecule has 0 unspecified atom stereocenters. The highest BCUT2D eigenvalue weighted by molar-refractivity contribution is 5.67. The van der Waals surface area contributed by atoms with Crippen molar-refractivity contribution in [3.63, 3.8) is 0 Å². The highest BCUT2D eigenvalue weighted by Crippen LogP contribution is 2.24. The topological polar surface area (TPSA) is 42.4 Å². The number of aromatic nitrogens is 1. The van der Waals surface area contributed by atoms with Gasteiger partial charge in [0.25, 0.3) is 0 Å². The summed E-state index contributed by atoms with van der Waals surface area (Å²) in [5, 5.41) is 9.06. The minimum Gasteiger partial charge on any atom is -0.481 e. The Balaban J connectivity index is 2.38. The van der Waals surface area contributed by atoms with Gasteiger partial charge in [-0.3, -0.25) is 0 Å². The Labute approximate surface area is 101 Å². The van der Waals surface area contributed by atoms with Crippen LogP contribution < -0.4 is 4.74 Å². The average Bonchev–Trinajstić information content (AvgIpc) is 2.39. The van der Waals surface area contributed by atoms with E-state index in [1.54, 1.807) is 13.3 Å². The summed E-state index contributed by atoms with van der Waals surface area (Å²) < 4.78 is 5.03. The van der Waals surface area contributed by atoms with Crippen molar-refractivity contribution in [1.29, 1.82) is 0 Å². The molecule has 0 atom stereocenters. The molecule has 1 N–H and O–H groups in total. The van der Waals surface area contributed by atoms with Gasteiger partial charge in [-0.15, -0.1) is 0 Å². The number of aliphatic hydroxyl groups excluding tert-OH is 1. The number of benzene rings is 1. The van der Waals surface area contributed by atoms with E-state index in [2.05, 4.69) is 4.98 Å². The van der Waals surface area contributed by atoms with E-state index in [1.165, 1.54) is 0 Å². The van der Waals surface area contributed by atoms with Crippen molar-refractivity contribution in [2.45, 2.75) is 13.5 Å². The third kappa shape index (κ3) is 2.45. The van der Waals surface area contributed by atoms with Crippen LogP contribution in [-0.4, -0.2) is 17.2 Å². The normalized spacial score (nSPS) is 10.3. The molecular weight excluding hydrogens is 214 g/mol. The molecule has 1 aromatic heterocycles. The van der Waals surface area contributed by atoms with Crippen LogP contribution in [0, 0.1) is 6.92 Å². The average molecular weight is 229 g/mol. The zero-order valence-electron chi connectivity index (χ0n) is 9.97. The van der Waals surface area contributed by atoms with Crippen LogP contribution in [0.5, 0.6) is 5.88 Å². The predicted molar refractivity (Wildman–Crippen MR) is 66.9 cm³/mol. The molecule has 0 aliphatic rings. The van der Waals surface area contributed by atoms with E-state index < -0.39 is 0 Å². The molecule has 2 aromatic rings. The zero-order valence-corrected chi connectivity index (χ0v) is 9.97. The third-order valence-electron chi connectivity index (χ3n) is 2.73. The number of rotatable bonds is 3. The van der Waals surface area contributed by atoms with Crippen molar-refractivity contribution < 1.29 is 9.84 Å². The fraction of sp³-hybridized carbons (Fsp3) is 0.214. The van der Waals surface area contributed by atoms with Gasteiger partial charge in [0.1, 0.15) is 0 Å². The SMILES string of the molecule is COc1ccc(-c2ccc(CO)cc2C)cn1. The number of aliphatic hydroxyl groups is 1. The first kappa shape index (κ1) is 11.6. The van der Waals surface area contributed by atoms with Gasteiger partial charge in [0.15, 0.2) is 0 Å². The summed E-state index contributed by atoms with van der Waals surface area (Å²) in [4.78, 5) is 4.19. The van der Waals surface area contributed by atoms with Gasteiger partial charge >= 0.3 is 0 Å². The lowest BCUT2D eigenvalue weighted by Crippen LogP contribution is -1.90. The Morgan fingerprint density at radius 3 is 2.59 bits per heavy atom. The number of hydrogen-bond acceptors (Lipinski definition) is 3. The summed E-state index contributed by atoms with van der Waals surface area (Å²) in [5.41, 5.74) is 4.22. The molecule has 2 rings (SSSR count). The van der Waals surface area contributed by atoms with Crippen LogP contribution in [0.2, 0.25) is 0 Å². The smallest absolute Gasteiger partial charge is 0.212 e. The van der Waals surface area contributed by atoms with Gasteiger partial charge < -0.3 is 9.84 Å². The van der Waals surface area contributed by atoms with Gasteiger partial charge in [-0.25, -0.2) is 4.98 Å². The minimum absolute atomic E-state index is 0.0714. The van der Waals surface area contributed by atoms with Crippen LogP contribution in [0.1, 0.15) is 11.1 Å². The van der Waals surface area contributed by atoms with Gasteiger partial charge in [-0.05, 0) is 29.7 Å². The number of hydrogen-bond donors (Lipinski definition) is 1. The van der Waals surface area contributed by atoms with Crippen molar-refractivity contribution in [2.24, 2.45) is 0 Å². The second-order valence-corrected chi connectivity index (χ2v) is 3.90. The van der Waals surface area contributed by atoms with Crippen molar-refractivity contribution in [2.75, 3.05) is 7.11 Å². The number of pyridine rings is 1. The largest absolute Gasteiger partial charge is 0.481 e. The van der Waals surface area contributed by atoms with Crippen molar-refractivity contribution in [3.05, 3.63) is 47.7 Å². The molecular formula is C14H15NO2. The lowest BCUT2D eigenvalue weighted by molar-refractivity contribution is 0.282. The Hall–Kier alpha value is -1.87. The first-order valence-electron chi connectivity index (χ1n) is 5.45. The molecule has 0 aliphatic heterocycles. The van der Waals surface area contributed by atoms with Crippen molar-refractivity contribution in [1.82, 2.24) is 4.98 Å². The Morgan fingerprint density at radius 2 is 2.06 bits per heavy atom.